The summed E-state index contributed by atoms with van der Waals surface area (Å²) in [5.41, 5.74) is 0. The largest absolute Gasteiger partial charge is 0.479 e. The van der Waals surface area contributed by atoms with Gasteiger partial charge in [-0.25, -0.2) is 4.79 Å². The van der Waals surface area contributed by atoms with Crippen LogP contribution in [0.15, 0.2) is 0 Å². The predicted octanol–water partition coefficient (Wildman–Crippen LogP) is -5.46. The van der Waals surface area contributed by atoms with E-state index in [4.69, 9.17) is 24.8 Å². The number of ether oxygens (including phenoxy) is 2. The maximum absolute atomic E-state index is 11.8. The summed E-state index contributed by atoms with van der Waals surface area (Å²) in [6.07, 6.45) is -15.6. The molecule has 1 fully saturated rings. The summed E-state index contributed by atoms with van der Waals surface area (Å²) < 4.78 is 9.78. The van der Waals surface area contributed by atoms with Crippen molar-refractivity contribution in [2.75, 3.05) is 13.2 Å². The van der Waals surface area contributed by atoms with E-state index in [-0.39, 0.29) is 0 Å². The van der Waals surface area contributed by atoms with Gasteiger partial charge in [-0.3, -0.25) is 4.79 Å². The molecule has 1 aliphatic heterocycles. The summed E-state index contributed by atoms with van der Waals surface area (Å²) in [5.74, 6) is -3.31. The molecular weight excluding hydrogens is 336 g/mol. The Morgan fingerprint density at radius 2 is 1.62 bits per heavy atom. The molecule has 1 aliphatic rings. The number of carboxylic acid groups (broad SMARTS) is 1. The van der Waals surface area contributed by atoms with Gasteiger partial charge >= 0.3 is 5.97 Å². The van der Waals surface area contributed by atoms with Crippen LogP contribution in [0.25, 0.3) is 0 Å². The number of carboxylic acids is 1. The fraction of sp³-hybridized carbons (Fsp3) is 0.833. The van der Waals surface area contributed by atoms with Gasteiger partial charge in [0.2, 0.25) is 0 Å². The van der Waals surface area contributed by atoms with Gasteiger partial charge in [0, 0.05) is 0 Å². The first-order chi connectivity index (χ1) is 11.1. The molecule has 12 nitrogen and oxygen atoms in total. The Kier molecular flexibility index (Phi) is 7.59. The molecule has 0 saturated carbocycles. The first-order valence-electron chi connectivity index (χ1n) is 6.85. The van der Waals surface area contributed by atoms with Gasteiger partial charge in [0.1, 0.15) is 30.5 Å². The number of hydrogen-bond acceptors (Lipinski definition) is 11. The molecule has 1 saturated heterocycles. The zero-order valence-electron chi connectivity index (χ0n) is 12.2. The average Bonchev–Trinajstić information content (AvgIpc) is 2.57. The fourth-order valence-corrected chi connectivity index (χ4v) is 2.03. The first kappa shape index (κ1) is 20.8. The van der Waals surface area contributed by atoms with E-state index in [1.807, 2.05) is 0 Å². The van der Waals surface area contributed by atoms with Crippen LogP contribution < -0.4 is 0 Å². The Bertz CT molecular complexity index is 440. The molecule has 0 aromatic heterocycles. The minimum atomic E-state index is -2.48. The van der Waals surface area contributed by atoms with Crippen LogP contribution in [0.4, 0.5) is 0 Å². The normalized spacial score (nSPS) is 34.4. The molecule has 0 aromatic carbocycles. The number of Topliss-reactive ketones (excluding diaryl/α,β-unsaturated/α-hetero) is 1. The molecule has 0 bridgehead atoms. The zero-order valence-corrected chi connectivity index (χ0v) is 12.2. The lowest BCUT2D eigenvalue weighted by atomic mass is 9.98. The smallest absolute Gasteiger partial charge is 0.335 e. The number of aliphatic carboxylic acids is 1. The highest BCUT2D eigenvalue weighted by molar-refractivity contribution is 5.92. The van der Waals surface area contributed by atoms with Crippen LogP contribution in [0.2, 0.25) is 0 Å². The second-order valence-electron chi connectivity index (χ2n) is 5.14. The lowest BCUT2D eigenvalue weighted by Gasteiger charge is -2.41. The summed E-state index contributed by atoms with van der Waals surface area (Å²) in [7, 11) is 0. The minimum Gasteiger partial charge on any atom is -0.479 e. The maximum Gasteiger partial charge on any atom is 0.335 e. The van der Waals surface area contributed by atoms with Gasteiger partial charge in [0.25, 0.3) is 0 Å². The Labute approximate surface area is 135 Å². The average molecular weight is 356 g/mol. The number of ketones is 1. The molecule has 24 heavy (non-hydrogen) atoms. The molecule has 0 amide bonds. The Morgan fingerprint density at radius 3 is 2.08 bits per heavy atom. The third kappa shape index (κ3) is 4.44. The lowest BCUT2D eigenvalue weighted by molar-refractivity contribution is -0.313. The van der Waals surface area contributed by atoms with E-state index in [9.17, 15) is 35.1 Å². The van der Waals surface area contributed by atoms with E-state index in [1.54, 1.807) is 0 Å². The highest BCUT2D eigenvalue weighted by atomic mass is 16.7. The summed E-state index contributed by atoms with van der Waals surface area (Å²) in [5, 5.41) is 74.4. The molecular formula is C12H20O12. The molecule has 0 spiro atoms. The van der Waals surface area contributed by atoms with Crippen LogP contribution in [0.3, 0.4) is 0 Å². The van der Waals surface area contributed by atoms with E-state index < -0.39 is 74.0 Å². The Hall–Kier alpha value is -1.22. The van der Waals surface area contributed by atoms with Gasteiger partial charge in [0.05, 0.1) is 13.2 Å². The minimum absolute atomic E-state index is 0.801. The molecule has 8 atom stereocenters. The molecule has 8 N–H and O–H groups in total. The van der Waals surface area contributed by atoms with E-state index >= 15 is 0 Å². The highest BCUT2D eigenvalue weighted by Gasteiger charge is 2.47. The summed E-state index contributed by atoms with van der Waals surface area (Å²) >= 11 is 0. The summed E-state index contributed by atoms with van der Waals surface area (Å²) in [4.78, 5) is 22.7. The lowest BCUT2D eigenvalue weighted by Crippen LogP contribution is -2.61. The second kappa shape index (κ2) is 8.75. The number of aliphatic hydroxyl groups is 7. The summed E-state index contributed by atoms with van der Waals surface area (Å²) in [6.45, 7) is -1.89. The molecule has 1 rings (SSSR count). The number of carbonyl (C=O) groups is 2. The maximum atomic E-state index is 11.8. The third-order valence-electron chi connectivity index (χ3n) is 3.45. The van der Waals surface area contributed by atoms with Crippen molar-refractivity contribution in [2.24, 2.45) is 0 Å². The zero-order chi connectivity index (χ0) is 18.6. The van der Waals surface area contributed by atoms with E-state index in [0.29, 0.717) is 0 Å². The molecule has 0 unspecified atom stereocenters. The first-order valence-corrected chi connectivity index (χ1v) is 6.85. The van der Waals surface area contributed by atoms with Crippen molar-refractivity contribution >= 4 is 11.8 Å². The van der Waals surface area contributed by atoms with E-state index in [1.165, 1.54) is 0 Å². The third-order valence-corrected chi connectivity index (χ3v) is 3.45. The van der Waals surface area contributed by atoms with Crippen molar-refractivity contribution in [3.05, 3.63) is 0 Å². The number of hydrogen-bond donors (Lipinski definition) is 8. The molecule has 1 heterocycles. The summed E-state index contributed by atoms with van der Waals surface area (Å²) in [6, 6.07) is 0. The van der Waals surface area contributed by atoms with Crippen molar-refractivity contribution in [1.82, 2.24) is 0 Å². The van der Waals surface area contributed by atoms with E-state index in [2.05, 4.69) is 0 Å². The SMILES string of the molecule is O=C(O)[C@@H](O)[C@@H](O[C@@H]1O[C@H](CO)[C@@H](O)[C@H](O)[C@@H]1O)C(=O)[C@@H](O)CO. The van der Waals surface area contributed by atoms with Crippen LogP contribution in [0.1, 0.15) is 0 Å². The van der Waals surface area contributed by atoms with Crippen molar-refractivity contribution in [3.8, 4) is 0 Å². The Balaban J connectivity index is 2.99. The topological polar surface area (TPSA) is 214 Å². The monoisotopic (exact) mass is 356 g/mol. The highest BCUT2D eigenvalue weighted by Crippen LogP contribution is 2.24. The molecule has 0 aromatic rings. The predicted molar refractivity (Wildman–Crippen MR) is 70.4 cm³/mol. The van der Waals surface area contributed by atoms with Crippen LogP contribution in [-0.4, -0.2) is 115 Å². The molecule has 0 aliphatic carbocycles. The number of carbonyl (C=O) groups excluding carboxylic acids is 1. The standard InChI is InChI=1S/C12H20O12/c13-1-3(15)5(16)10(9(20)11(21)22)24-12-8(19)7(18)6(17)4(2-14)23-12/h3-4,6-10,12-15,17-20H,1-2H2,(H,21,22)/t3-,4+,6+,7-,8-,9-,10-,12-/m0/s1. The molecule has 0 radical (unpaired) electrons. The Morgan fingerprint density at radius 1 is 1.04 bits per heavy atom. The van der Waals surface area contributed by atoms with Crippen molar-refractivity contribution in [3.63, 3.8) is 0 Å². The van der Waals surface area contributed by atoms with Gasteiger partial charge in [-0.2, -0.15) is 0 Å². The van der Waals surface area contributed by atoms with Gasteiger partial charge < -0.3 is 50.3 Å². The number of aliphatic hydroxyl groups excluding tert-OH is 7. The van der Waals surface area contributed by atoms with Gasteiger partial charge in [-0.15, -0.1) is 0 Å². The quantitative estimate of drug-likeness (QED) is 0.204. The fourth-order valence-electron chi connectivity index (χ4n) is 2.03. The van der Waals surface area contributed by atoms with Crippen LogP contribution in [0, 0.1) is 0 Å². The van der Waals surface area contributed by atoms with Crippen molar-refractivity contribution in [1.29, 1.82) is 0 Å². The molecule has 140 valence electrons. The van der Waals surface area contributed by atoms with Crippen LogP contribution in [-0.2, 0) is 19.1 Å². The van der Waals surface area contributed by atoms with Gasteiger partial charge in [0.15, 0.2) is 24.3 Å². The number of rotatable bonds is 8. The van der Waals surface area contributed by atoms with Crippen LogP contribution in [0.5, 0.6) is 0 Å². The molecule has 12 heteroatoms. The van der Waals surface area contributed by atoms with Crippen LogP contribution >= 0.6 is 0 Å². The van der Waals surface area contributed by atoms with Gasteiger partial charge in [-0.1, -0.05) is 0 Å². The van der Waals surface area contributed by atoms with Gasteiger partial charge in [-0.05, 0) is 0 Å². The van der Waals surface area contributed by atoms with E-state index in [0.717, 1.165) is 0 Å². The van der Waals surface area contributed by atoms with Crippen molar-refractivity contribution in [2.45, 2.75) is 49.0 Å². The second-order valence-corrected chi connectivity index (χ2v) is 5.14. The van der Waals surface area contributed by atoms with Crippen molar-refractivity contribution < 1.29 is 59.9 Å².